The van der Waals surface area contributed by atoms with Crippen LogP contribution in [0.5, 0.6) is 5.75 Å². The van der Waals surface area contributed by atoms with Crippen molar-refractivity contribution in [3.63, 3.8) is 0 Å². The lowest BCUT2D eigenvalue weighted by Gasteiger charge is -2.29. The van der Waals surface area contributed by atoms with E-state index in [9.17, 15) is 18.0 Å². The molecule has 5 nitrogen and oxygen atoms in total. The number of aromatic nitrogens is 1. The lowest BCUT2D eigenvalue weighted by atomic mass is 9.90. The second-order valence-electron chi connectivity index (χ2n) is 11.6. The highest BCUT2D eigenvalue weighted by molar-refractivity contribution is 7.09. The van der Waals surface area contributed by atoms with Crippen LogP contribution >= 0.6 is 35.3 Å². The van der Waals surface area contributed by atoms with E-state index in [2.05, 4.69) is 39.5 Å². The molecule has 1 N–H and O–H groups in total. The molecule has 1 amide bonds. The van der Waals surface area contributed by atoms with Crippen molar-refractivity contribution in [3.8, 4) is 5.75 Å². The first-order valence-electron chi connectivity index (χ1n) is 15.7. The average Bonchev–Trinajstić information content (AvgIpc) is 3.50. The van der Waals surface area contributed by atoms with Gasteiger partial charge in [-0.2, -0.15) is 13.2 Å². The maximum atomic E-state index is 13.7. The van der Waals surface area contributed by atoms with Crippen LogP contribution in [0, 0.1) is 6.92 Å². The second kappa shape index (κ2) is 18.2. The first-order chi connectivity index (χ1) is 23.2. The molecule has 1 heterocycles. The van der Waals surface area contributed by atoms with E-state index in [0.717, 1.165) is 33.5 Å². The average molecular weight is 729 g/mol. The summed E-state index contributed by atoms with van der Waals surface area (Å²) in [6.07, 6.45) is -3.71. The van der Waals surface area contributed by atoms with Crippen LogP contribution in [0.3, 0.4) is 0 Å². The van der Waals surface area contributed by atoms with Gasteiger partial charge in [-0.3, -0.25) is 9.69 Å². The maximum Gasteiger partial charge on any atom is 0.417 e. The number of halogens is 5. The third-order valence-corrected chi connectivity index (χ3v) is 9.29. The molecule has 5 rings (SSSR count). The maximum absolute atomic E-state index is 13.7. The molecule has 0 saturated heterocycles. The zero-order chi connectivity index (χ0) is 33.9. The molecule has 0 aliphatic rings. The lowest BCUT2D eigenvalue weighted by molar-refractivity contribution is -0.137. The zero-order valence-corrected chi connectivity index (χ0v) is 29.3. The van der Waals surface area contributed by atoms with Crippen molar-refractivity contribution in [2.45, 2.75) is 44.9 Å². The summed E-state index contributed by atoms with van der Waals surface area (Å²) in [5.74, 6) is 0.533. The van der Waals surface area contributed by atoms with Crippen molar-refractivity contribution in [2.24, 2.45) is 0 Å². The molecule has 49 heavy (non-hydrogen) atoms. The van der Waals surface area contributed by atoms with Gasteiger partial charge in [0.15, 0.2) is 0 Å². The third-order valence-electron chi connectivity index (χ3n) is 7.88. The number of carbonyl (C=O) groups is 1. The Kier molecular flexibility index (Phi) is 14.1. The number of aryl methyl sites for hydroxylation is 1. The molecule has 0 radical (unpaired) electrons. The number of amides is 1. The zero-order valence-electron chi connectivity index (χ0n) is 27.0. The Morgan fingerprint density at radius 1 is 0.959 bits per heavy atom. The first-order valence-corrected chi connectivity index (χ1v) is 17.0. The highest BCUT2D eigenvalue weighted by Gasteiger charge is 2.34. The molecule has 0 aliphatic carbocycles. The Morgan fingerprint density at radius 3 is 2.27 bits per heavy atom. The van der Waals surface area contributed by atoms with Crippen LogP contribution in [0.25, 0.3) is 0 Å². The summed E-state index contributed by atoms with van der Waals surface area (Å²) >= 11 is 7.87. The van der Waals surface area contributed by atoms with Crippen LogP contribution in [-0.4, -0.2) is 35.5 Å². The summed E-state index contributed by atoms with van der Waals surface area (Å²) in [5, 5.41) is 5.45. The highest BCUT2D eigenvalue weighted by atomic mass is 35.5. The smallest absolute Gasteiger partial charge is 0.417 e. The number of benzene rings is 4. The predicted molar refractivity (Wildman–Crippen MR) is 193 cm³/mol. The van der Waals surface area contributed by atoms with Gasteiger partial charge in [-0.1, -0.05) is 96.5 Å². The van der Waals surface area contributed by atoms with Gasteiger partial charge in [-0.15, -0.1) is 23.7 Å². The minimum Gasteiger partial charge on any atom is -0.494 e. The summed E-state index contributed by atoms with van der Waals surface area (Å²) in [6.45, 7) is 4.05. The largest absolute Gasteiger partial charge is 0.494 e. The number of hydrogen-bond donors (Lipinski definition) is 1. The van der Waals surface area contributed by atoms with Gasteiger partial charge in [0.1, 0.15) is 10.8 Å². The van der Waals surface area contributed by atoms with Crippen molar-refractivity contribution >= 4 is 41.3 Å². The monoisotopic (exact) mass is 727 g/mol. The minimum atomic E-state index is -4.54. The highest BCUT2D eigenvalue weighted by Crippen LogP contribution is 2.37. The van der Waals surface area contributed by atoms with Gasteiger partial charge < -0.3 is 10.1 Å². The van der Waals surface area contributed by atoms with E-state index >= 15 is 0 Å². The van der Waals surface area contributed by atoms with E-state index in [1.54, 1.807) is 6.07 Å². The number of nitrogens with zero attached hydrogens (tertiary/aromatic N) is 2. The van der Waals surface area contributed by atoms with Gasteiger partial charge in [0.2, 0.25) is 5.91 Å². The van der Waals surface area contributed by atoms with E-state index in [1.807, 2.05) is 73.0 Å². The standard InChI is InChI=1S/C38H37ClF3N3O2S.ClH/c1-27-26-48-36(44-27)23-43-35(46)22-28-11-8-17-32(21-28)47-20-10-19-45(24-31-16-9-18-34(37(31)39)38(40,41)42)25-33(29-12-4-2-5-13-29)30-14-6-3-7-15-30;/h2-9,11-18,21,26,33H,10,19-20,22-25H2,1H3,(H,43,46);1H. The predicted octanol–water partition coefficient (Wildman–Crippen LogP) is 9.51. The molecule has 5 aromatic rings. The van der Waals surface area contributed by atoms with Gasteiger partial charge in [0.25, 0.3) is 0 Å². The van der Waals surface area contributed by atoms with Crippen LogP contribution in [0.2, 0.25) is 5.02 Å². The van der Waals surface area contributed by atoms with E-state index in [1.165, 1.54) is 17.4 Å². The second-order valence-corrected chi connectivity index (χ2v) is 12.9. The van der Waals surface area contributed by atoms with Crippen LogP contribution in [0.4, 0.5) is 13.2 Å². The lowest BCUT2D eigenvalue weighted by Crippen LogP contribution is -2.31. The van der Waals surface area contributed by atoms with Crippen molar-refractivity contribution in [3.05, 3.63) is 152 Å². The Labute approximate surface area is 300 Å². The number of rotatable bonds is 15. The van der Waals surface area contributed by atoms with Crippen LogP contribution in [-0.2, 0) is 30.5 Å². The Balaban J connectivity index is 0.00000541. The number of hydrogen-bond acceptors (Lipinski definition) is 5. The molecule has 0 aliphatic heterocycles. The number of alkyl halides is 3. The van der Waals surface area contributed by atoms with E-state index < -0.39 is 11.7 Å². The van der Waals surface area contributed by atoms with Gasteiger partial charge in [-0.05, 0) is 53.8 Å². The third kappa shape index (κ3) is 11.3. The quantitative estimate of drug-likeness (QED) is 0.109. The minimum absolute atomic E-state index is 0. The summed E-state index contributed by atoms with van der Waals surface area (Å²) in [4.78, 5) is 19.0. The molecule has 1 aromatic heterocycles. The van der Waals surface area contributed by atoms with Crippen molar-refractivity contribution in [1.82, 2.24) is 15.2 Å². The fourth-order valence-electron chi connectivity index (χ4n) is 5.56. The molecule has 4 aromatic carbocycles. The summed E-state index contributed by atoms with van der Waals surface area (Å²) in [6, 6.07) is 31.7. The number of ether oxygens (including phenoxy) is 1. The molecule has 0 fully saturated rings. The van der Waals surface area contributed by atoms with Crippen molar-refractivity contribution in [1.29, 1.82) is 0 Å². The SMILES string of the molecule is Cc1csc(CNC(=O)Cc2cccc(OCCCN(Cc3cccc(C(F)(F)F)c3Cl)CC(c3ccccc3)c3ccccc3)c2)n1.Cl. The molecule has 11 heteroatoms. The Morgan fingerprint density at radius 2 is 1.63 bits per heavy atom. The first kappa shape index (κ1) is 37.9. The van der Waals surface area contributed by atoms with Gasteiger partial charge >= 0.3 is 6.18 Å². The van der Waals surface area contributed by atoms with E-state index in [4.69, 9.17) is 16.3 Å². The number of carbonyl (C=O) groups excluding carboxylic acids is 1. The van der Waals surface area contributed by atoms with Crippen molar-refractivity contribution in [2.75, 3.05) is 19.7 Å². The molecule has 0 bridgehead atoms. The van der Waals surface area contributed by atoms with Crippen LogP contribution in [0.15, 0.2) is 109 Å². The number of nitrogens with one attached hydrogen (secondary N) is 1. The van der Waals surface area contributed by atoms with Crippen LogP contribution in [0.1, 0.15) is 50.9 Å². The molecule has 258 valence electrons. The van der Waals surface area contributed by atoms with Gasteiger partial charge in [-0.25, -0.2) is 4.98 Å². The molecule has 0 saturated carbocycles. The normalized spacial score (nSPS) is 11.4. The summed E-state index contributed by atoms with van der Waals surface area (Å²) in [7, 11) is 0. The molecular weight excluding hydrogens is 690 g/mol. The van der Waals surface area contributed by atoms with Crippen LogP contribution < -0.4 is 10.1 Å². The van der Waals surface area contributed by atoms with Gasteiger partial charge in [0, 0.05) is 36.6 Å². The van der Waals surface area contributed by atoms with Gasteiger partial charge in [0.05, 0.1) is 30.2 Å². The number of thiazole rings is 1. The molecular formula is C38H38Cl2F3N3O2S. The van der Waals surface area contributed by atoms with E-state index in [0.29, 0.717) is 44.0 Å². The molecule has 0 spiro atoms. The van der Waals surface area contributed by atoms with Crippen molar-refractivity contribution < 1.29 is 22.7 Å². The Hall–Kier alpha value is -3.89. The Bertz CT molecular complexity index is 1730. The fraction of sp³-hybridized carbons (Fsp3) is 0.263. The summed E-state index contributed by atoms with van der Waals surface area (Å²) < 4.78 is 47.2. The molecule has 0 atom stereocenters. The molecule has 0 unspecified atom stereocenters. The van der Waals surface area contributed by atoms with E-state index in [-0.39, 0.29) is 42.2 Å². The summed E-state index contributed by atoms with van der Waals surface area (Å²) in [5.41, 5.74) is 3.58. The fourth-order valence-corrected chi connectivity index (χ4v) is 6.56. The topological polar surface area (TPSA) is 54.5 Å².